The Morgan fingerprint density at radius 2 is 1.96 bits per heavy atom. The number of hydrogen-bond donors (Lipinski definition) is 1. The molecule has 120 valence electrons. The number of benzene rings is 1. The van der Waals surface area contributed by atoms with E-state index in [1.165, 1.54) is 19.2 Å². The van der Waals surface area contributed by atoms with Crippen molar-refractivity contribution in [2.24, 2.45) is 0 Å². The number of nitrogens with zero attached hydrogens (tertiary/aromatic N) is 2. The molecule has 1 atom stereocenters. The van der Waals surface area contributed by atoms with Gasteiger partial charge in [0.15, 0.2) is 6.10 Å². The Morgan fingerprint density at radius 1 is 1.30 bits per heavy atom. The maximum atomic E-state index is 11.0. The molecule has 0 fully saturated rings. The maximum Gasteiger partial charge on any atom is 0.406 e. The van der Waals surface area contributed by atoms with Crippen LogP contribution in [0.1, 0.15) is 6.92 Å². The number of aromatic nitrogens is 1. The number of aliphatic carboxylic acids is 1. The van der Waals surface area contributed by atoms with Crippen LogP contribution in [-0.2, 0) is 4.79 Å². The predicted molar refractivity (Wildman–Crippen MR) is 80.6 cm³/mol. The van der Waals surface area contributed by atoms with E-state index in [2.05, 4.69) is 4.98 Å². The zero-order chi connectivity index (χ0) is 17.0. The third-order valence-electron chi connectivity index (χ3n) is 3.08. The first kappa shape index (κ1) is 16.2. The topological polar surface area (TPSA) is 112 Å². The van der Waals surface area contributed by atoms with Gasteiger partial charge in [0.1, 0.15) is 11.9 Å². The normalized spacial score (nSPS) is 11.6. The number of methoxy groups -OCH3 is 1. The van der Waals surface area contributed by atoms with Gasteiger partial charge in [0.25, 0.3) is 0 Å². The number of pyridine rings is 1. The minimum atomic E-state index is -1.23. The molecule has 8 nitrogen and oxygen atoms in total. The molecule has 0 aliphatic rings. The van der Waals surface area contributed by atoms with Crippen LogP contribution in [0.25, 0.3) is 11.1 Å². The summed E-state index contributed by atoms with van der Waals surface area (Å²) in [5.74, 6) is -1.29. The Labute approximate surface area is 131 Å². The number of nitro groups is 1. The molecule has 0 bridgehead atoms. The minimum absolute atomic E-state index is 0.196. The predicted octanol–water partition coefficient (Wildman–Crippen LogP) is 2.52. The summed E-state index contributed by atoms with van der Waals surface area (Å²) in [4.78, 5) is 24.9. The molecule has 2 aromatic rings. The van der Waals surface area contributed by atoms with Gasteiger partial charge in [-0.3, -0.25) is 0 Å². The second-order valence-electron chi connectivity index (χ2n) is 4.63. The molecule has 1 N–H and O–H groups in total. The molecule has 23 heavy (non-hydrogen) atoms. The van der Waals surface area contributed by atoms with Crippen LogP contribution in [0.15, 0.2) is 36.5 Å². The summed E-state index contributed by atoms with van der Waals surface area (Å²) in [5, 5.41) is 19.9. The van der Waals surface area contributed by atoms with Gasteiger partial charge in [-0.15, -0.1) is 0 Å². The van der Waals surface area contributed by atoms with Gasteiger partial charge in [-0.2, -0.15) is 0 Å². The van der Waals surface area contributed by atoms with Gasteiger partial charge in [0.05, 0.1) is 7.11 Å². The van der Waals surface area contributed by atoms with E-state index < -0.39 is 22.8 Å². The van der Waals surface area contributed by atoms with Crippen LogP contribution in [0.5, 0.6) is 11.5 Å². The van der Waals surface area contributed by atoms with Crippen molar-refractivity contribution in [1.82, 2.24) is 4.98 Å². The van der Waals surface area contributed by atoms with Gasteiger partial charge in [-0.05, 0) is 34.5 Å². The lowest BCUT2D eigenvalue weighted by Crippen LogP contribution is -2.23. The Balaban J connectivity index is 2.41. The molecule has 0 amide bonds. The molecule has 0 saturated heterocycles. The zero-order valence-electron chi connectivity index (χ0n) is 12.4. The summed E-state index contributed by atoms with van der Waals surface area (Å²) in [6.45, 7) is 1.28. The van der Waals surface area contributed by atoms with Gasteiger partial charge < -0.3 is 24.7 Å². The van der Waals surface area contributed by atoms with Crippen molar-refractivity contribution in [2.75, 3.05) is 7.11 Å². The van der Waals surface area contributed by atoms with Crippen LogP contribution in [0.2, 0.25) is 0 Å². The Bertz CT molecular complexity index is 729. The highest BCUT2D eigenvalue weighted by atomic mass is 16.6. The molecule has 8 heteroatoms. The fraction of sp³-hybridized carbons (Fsp3) is 0.200. The quantitative estimate of drug-likeness (QED) is 0.643. The van der Waals surface area contributed by atoms with Gasteiger partial charge in [0.2, 0.25) is 5.75 Å². The summed E-state index contributed by atoms with van der Waals surface area (Å²) in [6.07, 6.45) is 0.0970. The molecule has 0 aliphatic carbocycles. The van der Waals surface area contributed by atoms with Crippen molar-refractivity contribution in [1.29, 1.82) is 0 Å². The number of carbonyl (C=O) groups is 1. The number of carboxylic acids is 1. The lowest BCUT2D eigenvalue weighted by atomic mass is 10.1. The number of hydrogen-bond acceptors (Lipinski definition) is 6. The second-order valence-corrected chi connectivity index (χ2v) is 4.63. The summed E-state index contributed by atoms with van der Waals surface area (Å²) < 4.78 is 10.2. The lowest BCUT2D eigenvalue weighted by molar-refractivity contribution is -0.390. The third kappa shape index (κ3) is 3.73. The molecular weight excluding hydrogens is 304 g/mol. The van der Waals surface area contributed by atoms with E-state index >= 15 is 0 Å². The van der Waals surface area contributed by atoms with Crippen molar-refractivity contribution in [3.8, 4) is 22.6 Å². The molecule has 1 aromatic heterocycles. The maximum absolute atomic E-state index is 11.0. The van der Waals surface area contributed by atoms with E-state index in [1.54, 1.807) is 31.4 Å². The SMILES string of the molecule is COc1ccc(-c2cnc([N+](=O)[O-])c(OC(C)C(=O)O)c2)cc1. The standard InChI is InChI=1S/C15H14N2O6/c1-9(15(18)19)23-13-7-11(8-16-14(13)17(20)21)10-3-5-12(22-2)6-4-10/h3-9H,1-2H3,(H,18,19). The molecule has 1 unspecified atom stereocenters. The van der Waals surface area contributed by atoms with Crippen molar-refractivity contribution in [3.63, 3.8) is 0 Å². The minimum Gasteiger partial charge on any atom is -0.497 e. The van der Waals surface area contributed by atoms with E-state index in [0.29, 0.717) is 11.3 Å². The second kappa shape index (κ2) is 6.73. The van der Waals surface area contributed by atoms with E-state index in [0.717, 1.165) is 5.56 Å². The third-order valence-corrected chi connectivity index (χ3v) is 3.08. The molecule has 1 aromatic carbocycles. The molecule has 2 rings (SSSR count). The first-order valence-corrected chi connectivity index (χ1v) is 6.60. The van der Waals surface area contributed by atoms with Gasteiger partial charge in [-0.1, -0.05) is 12.1 Å². The largest absolute Gasteiger partial charge is 0.497 e. The fourth-order valence-electron chi connectivity index (χ4n) is 1.84. The van der Waals surface area contributed by atoms with Gasteiger partial charge in [-0.25, -0.2) is 4.79 Å². The molecule has 0 spiro atoms. The van der Waals surface area contributed by atoms with E-state index in [4.69, 9.17) is 14.6 Å². The Morgan fingerprint density at radius 3 is 2.48 bits per heavy atom. The van der Waals surface area contributed by atoms with Crippen LogP contribution in [0.3, 0.4) is 0 Å². The Hall–Kier alpha value is -3.16. The molecule has 0 radical (unpaired) electrons. The van der Waals surface area contributed by atoms with Crippen molar-refractivity contribution < 1.29 is 24.3 Å². The fourth-order valence-corrected chi connectivity index (χ4v) is 1.84. The average Bonchev–Trinajstić information content (AvgIpc) is 2.54. The average molecular weight is 318 g/mol. The van der Waals surface area contributed by atoms with E-state index in [9.17, 15) is 14.9 Å². The summed E-state index contributed by atoms with van der Waals surface area (Å²) in [6, 6.07) is 8.37. The van der Waals surface area contributed by atoms with Gasteiger partial charge >= 0.3 is 11.8 Å². The molecular formula is C15H14N2O6. The summed E-state index contributed by atoms with van der Waals surface area (Å²) in [5.41, 5.74) is 1.30. The lowest BCUT2D eigenvalue weighted by Gasteiger charge is -2.11. The summed E-state index contributed by atoms with van der Waals surface area (Å²) in [7, 11) is 1.54. The molecule has 0 aliphatic heterocycles. The van der Waals surface area contributed by atoms with Crippen LogP contribution < -0.4 is 9.47 Å². The van der Waals surface area contributed by atoms with E-state index in [-0.39, 0.29) is 5.75 Å². The highest BCUT2D eigenvalue weighted by Gasteiger charge is 2.23. The molecule has 0 saturated carbocycles. The highest BCUT2D eigenvalue weighted by Crippen LogP contribution is 2.31. The van der Waals surface area contributed by atoms with Gasteiger partial charge in [0, 0.05) is 11.6 Å². The first-order valence-electron chi connectivity index (χ1n) is 6.60. The zero-order valence-corrected chi connectivity index (χ0v) is 12.4. The van der Waals surface area contributed by atoms with Crippen molar-refractivity contribution in [2.45, 2.75) is 13.0 Å². The van der Waals surface area contributed by atoms with Crippen LogP contribution in [-0.4, -0.2) is 34.2 Å². The Kier molecular flexibility index (Phi) is 4.75. The first-order chi connectivity index (χ1) is 10.9. The highest BCUT2D eigenvalue weighted by molar-refractivity contribution is 5.73. The van der Waals surface area contributed by atoms with Crippen LogP contribution >= 0.6 is 0 Å². The number of carboxylic acid groups (broad SMARTS) is 1. The monoisotopic (exact) mass is 318 g/mol. The summed E-state index contributed by atoms with van der Waals surface area (Å²) >= 11 is 0. The van der Waals surface area contributed by atoms with Crippen molar-refractivity contribution in [3.05, 3.63) is 46.6 Å². The van der Waals surface area contributed by atoms with E-state index in [1.807, 2.05) is 0 Å². The van der Waals surface area contributed by atoms with Crippen LogP contribution in [0.4, 0.5) is 5.82 Å². The smallest absolute Gasteiger partial charge is 0.406 e. The van der Waals surface area contributed by atoms with Crippen LogP contribution in [0, 0.1) is 10.1 Å². The number of rotatable bonds is 6. The van der Waals surface area contributed by atoms with Crippen molar-refractivity contribution >= 4 is 11.8 Å². The number of ether oxygens (including phenoxy) is 2. The molecule has 1 heterocycles.